The second-order valence-corrected chi connectivity index (χ2v) is 5.73. The Labute approximate surface area is 121 Å². The molecule has 21 heavy (non-hydrogen) atoms. The Morgan fingerprint density at radius 3 is 2.67 bits per heavy atom. The minimum Gasteiger partial charge on any atom is -0.348 e. The Kier molecular flexibility index (Phi) is 3.43. The Bertz CT molecular complexity index is 577. The van der Waals surface area contributed by atoms with E-state index in [1.165, 1.54) is 6.07 Å². The number of benzene rings is 1. The molecule has 1 amide bonds. The number of rotatable bonds is 3. The summed E-state index contributed by atoms with van der Waals surface area (Å²) in [6, 6.07) is 2.87. The number of nitrogens with one attached hydrogen (secondary N) is 1. The van der Waals surface area contributed by atoms with E-state index in [0.29, 0.717) is 5.56 Å². The fraction of sp³-hybridized carbons (Fsp3) is 0.533. The molecule has 0 atom stereocenters. The lowest BCUT2D eigenvalue weighted by molar-refractivity contribution is -0.138. The standard InChI is InChI=1S/C15H17F3N2O/c1-2-3-20-7-10(8-20)9-4-11-12(6-19-14(11)21)13(5-9)15(16,17)18/h4-5,10H,2-3,6-8H2,1H3,(H,19,21). The smallest absolute Gasteiger partial charge is 0.348 e. The van der Waals surface area contributed by atoms with Crippen LogP contribution in [-0.2, 0) is 12.7 Å². The van der Waals surface area contributed by atoms with E-state index in [9.17, 15) is 18.0 Å². The minimum atomic E-state index is -4.42. The van der Waals surface area contributed by atoms with Crippen molar-refractivity contribution in [3.05, 3.63) is 34.4 Å². The molecule has 6 heteroatoms. The summed E-state index contributed by atoms with van der Waals surface area (Å²) in [5.41, 5.74) is 0.238. The van der Waals surface area contributed by atoms with Crippen molar-refractivity contribution in [3.8, 4) is 0 Å². The van der Waals surface area contributed by atoms with Crippen molar-refractivity contribution in [2.75, 3.05) is 19.6 Å². The SMILES string of the molecule is CCCN1CC(c2cc3c(c(C(F)(F)F)c2)CNC3=O)C1. The molecule has 2 aliphatic heterocycles. The third-order valence-corrected chi connectivity index (χ3v) is 4.22. The lowest BCUT2D eigenvalue weighted by Gasteiger charge is -2.39. The second kappa shape index (κ2) is 5.02. The highest BCUT2D eigenvalue weighted by Gasteiger charge is 2.39. The fourth-order valence-corrected chi connectivity index (χ4v) is 3.12. The summed E-state index contributed by atoms with van der Waals surface area (Å²) in [7, 11) is 0. The normalized spacial score (nSPS) is 19.3. The van der Waals surface area contributed by atoms with Crippen LogP contribution < -0.4 is 5.32 Å². The highest BCUT2D eigenvalue weighted by Crippen LogP contribution is 2.39. The predicted octanol–water partition coefficient (Wildman–Crippen LogP) is 2.76. The molecule has 1 saturated heterocycles. The van der Waals surface area contributed by atoms with Crippen molar-refractivity contribution >= 4 is 5.91 Å². The van der Waals surface area contributed by atoms with Gasteiger partial charge in [0.15, 0.2) is 0 Å². The summed E-state index contributed by atoms with van der Waals surface area (Å²) in [5.74, 6) is -0.307. The minimum absolute atomic E-state index is 0.0318. The third kappa shape index (κ3) is 2.52. The van der Waals surface area contributed by atoms with Crippen LogP contribution in [0, 0.1) is 0 Å². The van der Waals surface area contributed by atoms with Gasteiger partial charge in [0.25, 0.3) is 5.91 Å². The van der Waals surface area contributed by atoms with Gasteiger partial charge in [0.2, 0.25) is 0 Å². The lowest BCUT2D eigenvalue weighted by Crippen LogP contribution is -2.45. The van der Waals surface area contributed by atoms with Gasteiger partial charge in [-0.2, -0.15) is 13.2 Å². The Balaban J connectivity index is 1.93. The van der Waals surface area contributed by atoms with Gasteiger partial charge in [0, 0.05) is 31.1 Å². The van der Waals surface area contributed by atoms with Crippen molar-refractivity contribution in [2.45, 2.75) is 32.0 Å². The van der Waals surface area contributed by atoms with Gasteiger partial charge < -0.3 is 10.2 Å². The maximum atomic E-state index is 13.2. The molecule has 1 N–H and O–H groups in total. The summed E-state index contributed by atoms with van der Waals surface area (Å²) >= 11 is 0. The maximum Gasteiger partial charge on any atom is 0.416 e. The van der Waals surface area contributed by atoms with Crippen molar-refractivity contribution < 1.29 is 18.0 Å². The number of nitrogens with zero attached hydrogens (tertiary/aromatic N) is 1. The van der Waals surface area contributed by atoms with Crippen LogP contribution in [0.2, 0.25) is 0 Å². The molecule has 0 unspecified atom stereocenters. The topological polar surface area (TPSA) is 32.3 Å². The van der Waals surface area contributed by atoms with E-state index < -0.39 is 17.6 Å². The molecule has 3 nitrogen and oxygen atoms in total. The van der Waals surface area contributed by atoms with Crippen molar-refractivity contribution in [1.29, 1.82) is 0 Å². The number of carbonyl (C=O) groups excluding carboxylic acids is 1. The van der Waals surface area contributed by atoms with Crippen LogP contribution in [0.25, 0.3) is 0 Å². The molecule has 0 bridgehead atoms. The monoisotopic (exact) mass is 298 g/mol. The number of hydrogen-bond acceptors (Lipinski definition) is 2. The summed E-state index contributed by atoms with van der Waals surface area (Å²) in [4.78, 5) is 13.9. The second-order valence-electron chi connectivity index (χ2n) is 5.73. The Morgan fingerprint density at radius 1 is 1.33 bits per heavy atom. The first-order chi connectivity index (χ1) is 9.90. The number of fused-ring (bicyclic) bond motifs is 1. The van der Waals surface area contributed by atoms with Crippen LogP contribution in [0.5, 0.6) is 0 Å². The first kappa shape index (κ1) is 14.4. The molecule has 1 fully saturated rings. The fourth-order valence-electron chi connectivity index (χ4n) is 3.12. The quantitative estimate of drug-likeness (QED) is 0.930. The van der Waals surface area contributed by atoms with E-state index in [1.54, 1.807) is 6.07 Å². The van der Waals surface area contributed by atoms with Crippen LogP contribution >= 0.6 is 0 Å². The molecule has 2 heterocycles. The third-order valence-electron chi connectivity index (χ3n) is 4.22. The molecule has 114 valence electrons. The summed E-state index contributed by atoms with van der Waals surface area (Å²) in [6.45, 7) is 4.55. The van der Waals surface area contributed by atoms with Gasteiger partial charge in [-0.1, -0.05) is 6.92 Å². The Morgan fingerprint density at radius 2 is 2.05 bits per heavy atom. The van der Waals surface area contributed by atoms with Crippen LogP contribution in [0.4, 0.5) is 13.2 Å². The van der Waals surface area contributed by atoms with Gasteiger partial charge in [0.1, 0.15) is 0 Å². The van der Waals surface area contributed by atoms with Gasteiger partial charge in [-0.15, -0.1) is 0 Å². The van der Waals surface area contributed by atoms with E-state index in [2.05, 4.69) is 17.1 Å². The molecule has 0 spiro atoms. The van der Waals surface area contributed by atoms with Crippen molar-refractivity contribution in [2.24, 2.45) is 0 Å². The van der Waals surface area contributed by atoms with Crippen LogP contribution in [0.15, 0.2) is 12.1 Å². The molecule has 0 aliphatic carbocycles. The number of alkyl halides is 3. The first-order valence-corrected chi connectivity index (χ1v) is 7.14. The summed E-state index contributed by atoms with van der Waals surface area (Å²) in [6.07, 6.45) is -3.38. The highest BCUT2D eigenvalue weighted by atomic mass is 19.4. The van der Waals surface area contributed by atoms with E-state index >= 15 is 0 Å². The largest absolute Gasteiger partial charge is 0.416 e. The van der Waals surface area contributed by atoms with Gasteiger partial charge in [0.05, 0.1) is 5.56 Å². The number of amides is 1. The lowest BCUT2D eigenvalue weighted by atomic mass is 9.87. The average molecular weight is 298 g/mol. The van der Waals surface area contributed by atoms with Crippen molar-refractivity contribution in [1.82, 2.24) is 10.2 Å². The highest BCUT2D eigenvalue weighted by molar-refractivity contribution is 5.99. The zero-order valence-corrected chi connectivity index (χ0v) is 11.8. The van der Waals surface area contributed by atoms with Crippen LogP contribution in [0.3, 0.4) is 0 Å². The van der Waals surface area contributed by atoms with E-state index in [-0.39, 0.29) is 23.6 Å². The summed E-state index contributed by atoms with van der Waals surface area (Å²) in [5, 5.41) is 2.48. The molecule has 1 aromatic carbocycles. The van der Waals surface area contributed by atoms with E-state index in [0.717, 1.165) is 26.1 Å². The predicted molar refractivity (Wildman–Crippen MR) is 72.1 cm³/mol. The molecule has 0 radical (unpaired) electrons. The maximum absolute atomic E-state index is 13.2. The molecule has 3 rings (SSSR count). The molecule has 0 saturated carbocycles. The van der Waals surface area contributed by atoms with E-state index in [4.69, 9.17) is 0 Å². The number of hydrogen-bond donors (Lipinski definition) is 1. The number of carbonyl (C=O) groups is 1. The van der Waals surface area contributed by atoms with Crippen LogP contribution in [0.1, 0.15) is 46.3 Å². The van der Waals surface area contributed by atoms with Gasteiger partial charge >= 0.3 is 6.18 Å². The van der Waals surface area contributed by atoms with Gasteiger partial charge in [-0.25, -0.2) is 0 Å². The number of likely N-dealkylation sites (tertiary alicyclic amines) is 1. The Hall–Kier alpha value is -1.56. The zero-order chi connectivity index (χ0) is 15.2. The zero-order valence-electron chi connectivity index (χ0n) is 11.8. The first-order valence-electron chi connectivity index (χ1n) is 7.14. The summed E-state index contributed by atoms with van der Waals surface area (Å²) < 4.78 is 39.6. The van der Waals surface area contributed by atoms with Crippen molar-refractivity contribution in [3.63, 3.8) is 0 Å². The van der Waals surface area contributed by atoms with Gasteiger partial charge in [-0.3, -0.25) is 4.79 Å². The molecular formula is C15H17F3N2O. The van der Waals surface area contributed by atoms with Gasteiger partial charge in [-0.05, 0) is 36.2 Å². The molecular weight excluding hydrogens is 281 g/mol. The molecule has 0 aromatic heterocycles. The molecule has 1 aromatic rings. The average Bonchev–Trinajstić information content (AvgIpc) is 2.73. The molecule has 2 aliphatic rings. The van der Waals surface area contributed by atoms with Crippen LogP contribution in [-0.4, -0.2) is 30.4 Å². The number of halogens is 3. The van der Waals surface area contributed by atoms with E-state index in [1.807, 2.05) is 0 Å².